The molecule has 0 aliphatic heterocycles. The van der Waals surface area contributed by atoms with Gasteiger partial charge in [-0.2, -0.15) is 0 Å². The second-order valence-corrected chi connectivity index (χ2v) is 6.91. The van der Waals surface area contributed by atoms with Crippen molar-refractivity contribution in [1.29, 1.82) is 0 Å². The Morgan fingerprint density at radius 3 is 2.55 bits per heavy atom. The summed E-state index contributed by atoms with van der Waals surface area (Å²) in [5.41, 5.74) is 5.66. The molecule has 0 aromatic heterocycles. The van der Waals surface area contributed by atoms with Crippen molar-refractivity contribution < 1.29 is 4.79 Å². The fourth-order valence-electron chi connectivity index (χ4n) is 3.33. The van der Waals surface area contributed by atoms with E-state index in [9.17, 15) is 4.79 Å². The van der Waals surface area contributed by atoms with Crippen molar-refractivity contribution in [2.24, 2.45) is 23.5 Å². The zero-order chi connectivity index (χ0) is 15.0. The van der Waals surface area contributed by atoms with E-state index in [0.717, 1.165) is 25.8 Å². The molecule has 1 aliphatic carbocycles. The average molecular weight is 282 g/mol. The van der Waals surface area contributed by atoms with Crippen LogP contribution in [0.3, 0.4) is 0 Å². The highest BCUT2D eigenvalue weighted by atomic mass is 16.1. The standard InChI is InChI=1S/C17H34N2O/c1-13(2)15(11-12-18)9-10-17(20)19-16-8-6-4-5-7-14(16)3/h13-16H,4-12,18H2,1-3H3,(H,19,20). The van der Waals surface area contributed by atoms with E-state index >= 15 is 0 Å². The van der Waals surface area contributed by atoms with Gasteiger partial charge in [0.2, 0.25) is 5.91 Å². The maximum Gasteiger partial charge on any atom is 0.220 e. The Hall–Kier alpha value is -0.570. The van der Waals surface area contributed by atoms with Gasteiger partial charge in [0.05, 0.1) is 0 Å². The van der Waals surface area contributed by atoms with Crippen LogP contribution in [0.4, 0.5) is 0 Å². The predicted octanol–water partition coefficient (Wildman–Crippen LogP) is 3.47. The predicted molar refractivity (Wildman–Crippen MR) is 85.4 cm³/mol. The molecule has 0 aromatic carbocycles. The molecule has 118 valence electrons. The second kappa shape index (κ2) is 9.38. The molecule has 1 saturated carbocycles. The van der Waals surface area contributed by atoms with Gasteiger partial charge in [0.15, 0.2) is 0 Å². The molecule has 0 radical (unpaired) electrons. The second-order valence-electron chi connectivity index (χ2n) is 6.91. The van der Waals surface area contributed by atoms with Gasteiger partial charge in [-0.05, 0) is 50.0 Å². The highest BCUT2D eigenvalue weighted by Crippen LogP contribution is 2.24. The van der Waals surface area contributed by atoms with Crippen LogP contribution in [0.5, 0.6) is 0 Å². The number of amides is 1. The van der Waals surface area contributed by atoms with Crippen LogP contribution in [0.1, 0.15) is 72.1 Å². The Morgan fingerprint density at radius 2 is 1.90 bits per heavy atom. The number of nitrogens with one attached hydrogen (secondary N) is 1. The van der Waals surface area contributed by atoms with Gasteiger partial charge in [-0.1, -0.05) is 40.0 Å². The fraction of sp³-hybridized carbons (Fsp3) is 0.941. The van der Waals surface area contributed by atoms with Crippen LogP contribution in [0.25, 0.3) is 0 Å². The molecule has 3 atom stereocenters. The molecule has 1 aliphatic rings. The molecular formula is C17H34N2O. The van der Waals surface area contributed by atoms with Crippen LogP contribution in [-0.2, 0) is 4.79 Å². The molecule has 0 spiro atoms. The molecule has 0 heterocycles. The molecular weight excluding hydrogens is 248 g/mol. The van der Waals surface area contributed by atoms with Crippen LogP contribution < -0.4 is 11.1 Å². The molecule has 3 unspecified atom stereocenters. The first-order valence-electron chi connectivity index (χ1n) is 8.54. The van der Waals surface area contributed by atoms with Gasteiger partial charge in [-0.3, -0.25) is 4.79 Å². The van der Waals surface area contributed by atoms with E-state index in [2.05, 4.69) is 26.1 Å². The van der Waals surface area contributed by atoms with Gasteiger partial charge in [-0.25, -0.2) is 0 Å². The number of carbonyl (C=O) groups excluding carboxylic acids is 1. The third-order valence-electron chi connectivity index (χ3n) is 4.93. The maximum absolute atomic E-state index is 12.2. The lowest BCUT2D eigenvalue weighted by molar-refractivity contribution is -0.122. The van der Waals surface area contributed by atoms with Crippen molar-refractivity contribution in [3.63, 3.8) is 0 Å². The van der Waals surface area contributed by atoms with Gasteiger partial charge in [0, 0.05) is 12.5 Å². The molecule has 20 heavy (non-hydrogen) atoms. The van der Waals surface area contributed by atoms with Gasteiger partial charge < -0.3 is 11.1 Å². The highest BCUT2D eigenvalue weighted by Gasteiger charge is 2.22. The summed E-state index contributed by atoms with van der Waals surface area (Å²) in [7, 11) is 0. The summed E-state index contributed by atoms with van der Waals surface area (Å²) in [6.45, 7) is 7.46. The van der Waals surface area contributed by atoms with Crippen LogP contribution in [0, 0.1) is 17.8 Å². The van der Waals surface area contributed by atoms with Crippen molar-refractivity contribution >= 4 is 5.91 Å². The zero-order valence-electron chi connectivity index (χ0n) is 13.7. The molecule has 0 aromatic rings. The van der Waals surface area contributed by atoms with Crippen molar-refractivity contribution in [2.45, 2.75) is 78.2 Å². The minimum Gasteiger partial charge on any atom is -0.353 e. The zero-order valence-corrected chi connectivity index (χ0v) is 13.7. The Kier molecular flexibility index (Phi) is 8.20. The summed E-state index contributed by atoms with van der Waals surface area (Å²) < 4.78 is 0. The van der Waals surface area contributed by atoms with Crippen molar-refractivity contribution in [3.05, 3.63) is 0 Å². The Balaban J connectivity index is 2.34. The minimum atomic E-state index is 0.242. The van der Waals surface area contributed by atoms with E-state index in [-0.39, 0.29) is 5.91 Å². The van der Waals surface area contributed by atoms with Gasteiger partial charge in [-0.15, -0.1) is 0 Å². The largest absolute Gasteiger partial charge is 0.353 e. The molecule has 1 fully saturated rings. The molecule has 1 amide bonds. The SMILES string of the molecule is CC(C)C(CCN)CCC(=O)NC1CCCCCC1C. The van der Waals surface area contributed by atoms with E-state index in [1.165, 1.54) is 25.7 Å². The lowest BCUT2D eigenvalue weighted by Crippen LogP contribution is -2.39. The summed E-state index contributed by atoms with van der Waals surface area (Å²) in [4.78, 5) is 12.2. The number of nitrogens with two attached hydrogens (primary N) is 1. The molecule has 0 saturated heterocycles. The van der Waals surface area contributed by atoms with E-state index < -0.39 is 0 Å². The molecule has 3 heteroatoms. The molecule has 0 bridgehead atoms. The average Bonchev–Trinajstić information content (AvgIpc) is 2.59. The third kappa shape index (κ3) is 6.25. The smallest absolute Gasteiger partial charge is 0.220 e. The Bertz CT molecular complexity index is 278. The van der Waals surface area contributed by atoms with E-state index in [4.69, 9.17) is 5.73 Å². The van der Waals surface area contributed by atoms with E-state index in [1.807, 2.05) is 0 Å². The third-order valence-corrected chi connectivity index (χ3v) is 4.93. The Labute approximate surface area is 125 Å². The summed E-state index contributed by atoms with van der Waals surface area (Å²) in [5.74, 6) is 2.07. The van der Waals surface area contributed by atoms with Crippen LogP contribution in [-0.4, -0.2) is 18.5 Å². The summed E-state index contributed by atoms with van der Waals surface area (Å²) in [5, 5.41) is 3.27. The van der Waals surface area contributed by atoms with Crippen LogP contribution in [0.15, 0.2) is 0 Å². The lowest BCUT2D eigenvalue weighted by atomic mass is 9.88. The van der Waals surface area contributed by atoms with E-state index in [0.29, 0.717) is 30.2 Å². The lowest BCUT2D eigenvalue weighted by Gasteiger charge is -2.24. The first-order chi connectivity index (χ1) is 9.54. The number of carbonyl (C=O) groups is 1. The van der Waals surface area contributed by atoms with Crippen molar-refractivity contribution in [3.8, 4) is 0 Å². The summed E-state index contributed by atoms with van der Waals surface area (Å²) >= 11 is 0. The minimum absolute atomic E-state index is 0.242. The van der Waals surface area contributed by atoms with Crippen LogP contribution >= 0.6 is 0 Å². The first-order valence-corrected chi connectivity index (χ1v) is 8.54. The Morgan fingerprint density at radius 1 is 1.20 bits per heavy atom. The monoisotopic (exact) mass is 282 g/mol. The fourth-order valence-corrected chi connectivity index (χ4v) is 3.33. The summed E-state index contributed by atoms with van der Waals surface area (Å²) in [6, 6.07) is 0.400. The topological polar surface area (TPSA) is 55.1 Å². The normalized spacial score (nSPS) is 25.2. The van der Waals surface area contributed by atoms with E-state index in [1.54, 1.807) is 0 Å². The van der Waals surface area contributed by atoms with Crippen molar-refractivity contribution in [1.82, 2.24) is 5.32 Å². The molecule has 1 rings (SSSR count). The summed E-state index contributed by atoms with van der Waals surface area (Å²) in [6.07, 6.45) is 8.98. The maximum atomic E-state index is 12.2. The van der Waals surface area contributed by atoms with Crippen LogP contribution in [0.2, 0.25) is 0 Å². The van der Waals surface area contributed by atoms with Gasteiger partial charge >= 0.3 is 0 Å². The van der Waals surface area contributed by atoms with Gasteiger partial charge in [0.25, 0.3) is 0 Å². The first kappa shape index (κ1) is 17.5. The quantitative estimate of drug-likeness (QED) is 0.702. The molecule has 3 nitrogen and oxygen atoms in total. The highest BCUT2D eigenvalue weighted by molar-refractivity contribution is 5.76. The number of hydrogen-bond acceptors (Lipinski definition) is 2. The molecule has 3 N–H and O–H groups in total. The van der Waals surface area contributed by atoms with Gasteiger partial charge in [0.1, 0.15) is 0 Å². The number of rotatable bonds is 7. The van der Waals surface area contributed by atoms with Crippen molar-refractivity contribution in [2.75, 3.05) is 6.54 Å². The number of hydrogen-bond donors (Lipinski definition) is 2.